The molecule has 0 radical (unpaired) electrons. The summed E-state index contributed by atoms with van der Waals surface area (Å²) in [5, 5.41) is 2.37. The Morgan fingerprint density at radius 3 is 2.42 bits per heavy atom. The zero-order valence-corrected chi connectivity index (χ0v) is 26.9. The van der Waals surface area contributed by atoms with Gasteiger partial charge in [-0.05, 0) is 84.1 Å². The predicted molar refractivity (Wildman–Crippen MR) is 179 cm³/mol. The number of anilines is 1. The summed E-state index contributed by atoms with van der Waals surface area (Å²) < 4.78 is 75.0. The summed E-state index contributed by atoms with van der Waals surface area (Å²) in [6.45, 7) is 0.0682. The third-order valence-corrected chi connectivity index (χ3v) is 9.79. The summed E-state index contributed by atoms with van der Waals surface area (Å²) in [6, 6.07) is 25.3. The quantitative estimate of drug-likeness (QED) is 0.163. The molecule has 6 rings (SSSR count). The number of sulfonamides is 1. The van der Waals surface area contributed by atoms with E-state index >= 15 is 0 Å². The average molecular weight is 680 g/mol. The van der Waals surface area contributed by atoms with E-state index in [-0.39, 0.29) is 50.2 Å². The number of rotatable bonds is 11. The van der Waals surface area contributed by atoms with Gasteiger partial charge >= 0.3 is 12.1 Å². The van der Waals surface area contributed by atoms with Gasteiger partial charge in [-0.1, -0.05) is 54.6 Å². The number of ether oxygens (including phenoxy) is 1. The zero-order valence-electron chi connectivity index (χ0n) is 26.1. The fourth-order valence-corrected chi connectivity index (χ4v) is 7.38. The minimum atomic E-state index is -4.25. The highest BCUT2D eigenvalue weighted by atomic mass is 32.2. The van der Waals surface area contributed by atoms with Crippen LogP contribution >= 0.6 is 0 Å². The molecule has 9 nitrogen and oxygen atoms in total. The van der Waals surface area contributed by atoms with Crippen molar-refractivity contribution in [3.8, 4) is 0 Å². The van der Waals surface area contributed by atoms with Crippen LogP contribution in [0.1, 0.15) is 40.2 Å². The van der Waals surface area contributed by atoms with Crippen LogP contribution < -0.4 is 10.5 Å². The predicted octanol–water partition coefficient (Wildman–Crippen LogP) is 6.07. The molecule has 0 spiro atoms. The molecule has 1 aliphatic heterocycles. The van der Waals surface area contributed by atoms with Crippen LogP contribution in [0.3, 0.4) is 0 Å². The molecule has 0 amide bonds. The first-order chi connectivity index (χ1) is 23.0. The molecule has 3 aromatic carbocycles. The van der Waals surface area contributed by atoms with Crippen LogP contribution in [0.5, 0.6) is 0 Å². The van der Waals surface area contributed by atoms with Gasteiger partial charge in [-0.15, -0.1) is 0 Å². The summed E-state index contributed by atoms with van der Waals surface area (Å²) >= 11 is 0. The van der Waals surface area contributed by atoms with Gasteiger partial charge in [0.05, 0.1) is 31.1 Å². The van der Waals surface area contributed by atoms with Gasteiger partial charge in [-0.2, -0.15) is 13.2 Å². The van der Waals surface area contributed by atoms with Crippen LogP contribution in [0, 0.1) is 5.92 Å². The van der Waals surface area contributed by atoms with E-state index in [1.165, 1.54) is 4.90 Å². The van der Waals surface area contributed by atoms with Crippen LogP contribution in [-0.2, 0) is 33.6 Å². The lowest BCUT2D eigenvalue weighted by Gasteiger charge is -2.32. The molecule has 1 saturated heterocycles. The van der Waals surface area contributed by atoms with Gasteiger partial charge in [0.25, 0.3) is 0 Å². The number of benzene rings is 3. The number of carbonyl (C=O) groups is 1. The van der Waals surface area contributed by atoms with Crippen LogP contribution in [0.25, 0.3) is 21.8 Å². The lowest BCUT2D eigenvalue weighted by Crippen LogP contribution is -2.41. The molecular formula is C35H36F3N5O4S. The van der Waals surface area contributed by atoms with Crippen molar-refractivity contribution in [2.45, 2.75) is 37.9 Å². The van der Waals surface area contributed by atoms with Gasteiger partial charge in [0.15, 0.2) is 0 Å². The number of nitrogens with one attached hydrogen (secondary N) is 1. The number of nitrogens with two attached hydrogens (primary N) is 1. The maximum atomic E-state index is 13.6. The van der Waals surface area contributed by atoms with Crippen molar-refractivity contribution in [2.24, 2.45) is 11.7 Å². The van der Waals surface area contributed by atoms with Gasteiger partial charge in [0, 0.05) is 17.6 Å². The Labute approximate surface area is 276 Å². The summed E-state index contributed by atoms with van der Waals surface area (Å²) in [4.78, 5) is 19.7. The highest BCUT2D eigenvalue weighted by molar-refractivity contribution is 7.91. The van der Waals surface area contributed by atoms with Crippen molar-refractivity contribution < 1.29 is 31.1 Å². The first-order valence-electron chi connectivity index (χ1n) is 15.7. The van der Waals surface area contributed by atoms with Crippen molar-refractivity contribution in [2.75, 3.05) is 31.0 Å². The molecule has 13 heteroatoms. The smallest absolute Gasteiger partial charge is 0.401 e. The maximum Gasteiger partial charge on any atom is 0.401 e. The summed E-state index contributed by atoms with van der Waals surface area (Å²) in [7, 11) is -3.75. The van der Waals surface area contributed by atoms with E-state index < -0.39 is 28.7 Å². The standard InChI is InChI=1S/C35H36F3N5O4S/c36-35(37,38)23-42-14-12-24(13-15-42)21-47-34(44)32-18-27-10-11-29(19-39)40-33(27)43(32)20-28-17-30(16-26-8-4-5-9-31(26)28)41-48(45,46)22-25-6-2-1-3-7-25/h1-11,16-18,24,41H,12-15,19-23,39H2. The Morgan fingerprint density at radius 2 is 1.69 bits per heavy atom. The van der Waals surface area contributed by atoms with Gasteiger partial charge in [-0.25, -0.2) is 18.2 Å². The number of hydrogen-bond donors (Lipinski definition) is 2. The molecule has 0 saturated carbocycles. The largest absolute Gasteiger partial charge is 0.461 e. The number of alkyl halides is 3. The van der Waals surface area contributed by atoms with E-state index in [4.69, 9.17) is 15.5 Å². The van der Waals surface area contributed by atoms with E-state index in [1.807, 2.05) is 36.4 Å². The molecular weight excluding hydrogens is 643 g/mol. The molecule has 0 unspecified atom stereocenters. The molecule has 3 N–H and O–H groups in total. The van der Waals surface area contributed by atoms with Gasteiger partial charge in [0.2, 0.25) is 10.0 Å². The lowest BCUT2D eigenvalue weighted by atomic mass is 9.98. The van der Waals surface area contributed by atoms with Crippen molar-refractivity contribution in [1.29, 1.82) is 0 Å². The van der Waals surface area contributed by atoms with E-state index in [0.717, 1.165) is 16.3 Å². The third-order valence-electron chi connectivity index (χ3n) is 8.53. The molecule has 2 aromatic heterocycles. The summed E-state index contributed by atoms with van der Waals surface area (Å²) in [6.07, 6.45) is -3.26. The topological polar surface area (TPSA) is 120 Å². The van der Waals surface area contributed by atoms with Crippen molar-refractivity contribution in [3.05, 3.63) is 107 Å². The third kappa shape index (κ3) is 8.15. The summed E-state index contributed by atoms with van der Waals surface area (Å²) in [5.41, 5.74) is 9.07. The number of halogens is 3. The number of carbonyl (C=O) groups excluding carboxylic acids is 1. The van der Waals surface area contributed by atoms with Crippen LogP contribution in [0.4, 0.5) is 18.9 Å². The molecule has 0 bridgehead atoms. The second-order valence-corrected chi connectivity index (χ2v) is 13.9. The molecule has 5 aromatic rings. The van der Waals surface area contributed by atoms with E-state index in [2.05, 4.69) is 4.72 Å². The minimum absolute atomic E-state index is 0.0530. The Hall–Kier alpha value is -4.46. The maximum absolute atomic E-state index is 13.6. The number of hydrogen-bond acceptors (Lipinski definition) is 7. The van der Waals surface area contributed by atoms with E-state index in [9.17, 15) is 26.4 Å². The Bertz CT molecular complexity index is 2030. The summed E-state index contributed by atoms with van der Waals surface area (Å²) in [5.74, 6) is -0.826. The van der Waals surface area contributed by atoms with Gasteiger partial charge in [-0.3, -0.25) is 9.62 Å². The number of pyridine rings is 1. The highest BCUT2D eigenvalue weighted by Crippen LogP contribution is 2.29. The second-order valence-electron chi connectivity index (χ2n) is 12.2. The fraction of sp³-hybridized carbons (Fsp3) is 0.314. The van der Waals surface area contributed by atoms with Crippen molar-refractivity contribution in [1.82, 2.24) is 14.5 Å². The molecule has 48 heavy (non-hydrogen) atoms. The fourth-order valence-electron chi connectivity index (χ4n) is 6.20. The van der Waals surface area contributed by atoms with E-state index in [1.54, 1.807) is 53.1 Å². The van der Waals surface area contributed by atoms with Crippen LogP contribution in [0.2, 0.25) is 0 Å². The van der Waals surface area contributed by atoms with Crippen LogP contribution in [-0.4, -0.2) is 61.3 Å². The van der Waals surface area contributed by atoms with E-state index in [0.29, 0.717) is 40.8 Å². The minimum Gasteiger partial charge on any atom is -0.461 e. The Kier molecular flexibility index (Phi) is 9.72. The molecule has 0 atom stereocenters. The number of aromatic nitrogens is 2. The number of fused-ring (bicyclic) bond motifs is 2. The Balaban J connectivity index is 1.28. The highest BCUT2D eigenvalue weighted by Gasteiger charge is 2.33. The van der Waals surface area contributed by atoms with Gasteiger partial charge in [0.1, 0.15) is 11.3 Å². The molecule has 1 aliphatic rings. The van der Waals surface area contributed by atoms with Crippen LogP contribution in [0.15, 0.2) is 84.9 Å². The molecule has 3 heterocycles. The number of likely N-dealkylation sites (tertiary alicyclic amines) is 1. The SMILES string of the molecule is NCc1ccc2cc(C(=O)OCC3CCN(CC(F)(F)F)CC3)n(Cc3cc(NS(=O)(=O)Cc4ccccc4)cc4ccccc34)c2n1. The molecule has 252 valence electrons. The van der Waals surface area contributed by atoms with Gasteiger partial charge < -0.3 is 15.0 Å². The second kappa shape index (κ2) is 14.0. The molecule has 0 aliphatic carbocycles. The first kappa shape index (κ1) is 33.4. The zero-order chi connectivity index (χ0) is 33.9. The normalized spacial score (nSPS) is 14.8. The Morgan fingerprint density at radius 1 is 0.958 bits per heavy atom. The molecule has 1 fully saturated rings. The average Bonchev–Trinajstić information content (AvgIpc) is 3.41. The number of piperidine rings is 1. The lowest BCUT2D eigenvalue weighted by molar-refractivity contribution is -0.148. The monoisotopic (exact) mass is 679 g/mol. The number of nitrogens with zero attached hydrogens (tertiary/aromatic N) is 3. The first-order valence-corrected chi connectivity index (χ1v) is 17.3. The van der Waals surface area contributed by atoms with Crippen molar-refractivity contribution in [3.63, 3.8) is 0 Å². The van der Waals surface area contributed by atoms with Crippen molar-refractivity contribution >= 4 is 43.5 Å². The number of esters is 1.